The van der Waals surface area contributed by atoms with Gasteiger partial charge in [0.1, 0.15) is 0 Å². The molecule has 0 spiro atoms. The summed E-state index contributed by atoms with van der Waals surface area (Å²) < 4.78 is 5.26. The standard InChI is InChI=1S/C7H14O2S/c8-6-2-1-3-7(4-6)9-5-10/h6-8,10H,1-5H2. The van der Waals surface area contributed by atoms with Gasteiger partial charge in [0, 0.05) is 0 Å². The second kappa shape index (κ2) is 4.21. The molecule has 0 heterocycles. The van der Waals surface area contributed by atoms with Crippen LogP contribution in [0.3, 0.4) is 0 Å². The van der Waals surface area contributed by atoms with Crippen molar-refractivity contribution in [2.45, 2.75) is 37.9 Å². The SMILES string of the molecule is OC1CCCC(OCS)C1. The van der Waals surface area contributed by atoms with Gasteiger partial charge in [-0.3, -0.25) is 0 Å². The predicted molar refractivity (Wildman–Crippen MR) is 43.2 cm³/mol. The van der Waals surface area contributed by atoms with Gasteiger partial charge in [0.2, 0.25) is 0 Å². The van der Waals surface area contributed by atoms with Crippen molar-refractivity contribution in [3.05, 3.63) is 0 Å². The third-order valence-corrected chi connectivity index (χ3v) is 2.06. The third kappa shape index (κ3) is 2.48. The van der Waals surface area contributed by atoms with Gasteiger partial charge in [0.05, 0.1) is 18.1 Å². The molecular weight excluding hydrogens is 148 g/mol. The number of ether oxygens (including phenoxy) is 1. The number of thiol groups is 1. The second-order valence-electron chi connectivity index (χ2n) is 2.74. The van der Waals surface area contributed by atoms with Gasteiger partial charge in [-0.2, -0.15) is 12.6 Å². The first-order valence-corrected chi connectivity index (χ1v) is 4.36. The Morgan fingerprint density at radius 1 is 1.50 bits per heavy atom. The van der Waals surface area contributed by atoms with Gasteiger partial charge >= 0.3 is 0 Å². The largest absolute Gasteiger partial charge is 0.393 e. The molecule has 0 bridgehead atoms. The molecule has 1 rings (SSSR count). The number of rotatable bonds is 2. The van der Waals surface area contributed by atoms with E-state index in [0.29, 0.717) is 5.94 Å². The van der Waals surface area contributed by atoms with Crippen LogP contribution in [0.1, 0.15) is 25.7 Å². The Hall–Kier alpha value is 0.270. The summed E-state index contributed by atoms with van der Waals surface area (Å²) in [4.78, 5) is 0. The first-order chi connectivity index (χ1) is 4.83. The van der Waals surface area contributed by atoms with Crippen LogP contribution in [-0.2, 0) is 4.74 Å². The van der Waals surface area contributed by atoms with E-state index < -0.39 is 0 Å². The lowest BCUT2D eigenvalue weighted by Crippen LogP contribution is -2.25. The maximum atomic E-state index is 9.20. The molecular formula is C7H14O2S. The van der Waals surface area contributed by atoms with Crippen molar-refractivity contribution < 1.29 is 9.84 Å². The summed E-state index contributed by atoms with van der Waals surface area (Å²) >= 11 is 3.96. The van der Waals surface area contributed by atoms with E-state index in [1.165, 1.54) is 0 Å². The van der Waals surface area contributed by atoms with Gasteiger partial charge in [-0.05, 0) is 25.7 Å². The van der Waals surface area contributed by atoms with Crippen LogP contribution in [0.5, 0.6) is 0 Å². The number of aliphatic hydroxyl groups is 1. The van der Waals surface area contributed by atoms with Crippen LogP contribution in [0.2, 0.25) is 0 Å². The van der Waals surface area contributed by atoms with Gasteiger partial charge < -0.3 is 9.84 Å². The molecule has 1 aliphatic carbocycles. The Morgan fingerprint density at radius 3 is 2.90 bits per heavy atom. The highest BCUT2D eigenvalue weighted by Gasteiger charge is 2.19. The minimum atomic E-state index is -0.140. The second-order valence-corrected chi connectivity index (χ2v) is 3.00. The van der Waals surface area contributed by atoms with Crippen LogP contribution in [0.25, 0.3) is 0 Å². The summed E-state index contributed by atoms with van der Waals surface area (Å²) in [5.74, 6) is 0.470. The number of hydrogen-bond donors (Lipinski definition) is 2. The number of hydrogen-bond acceptors (Lipinski definition) is 3. The van der Waals surface area contributed by atoms with Crippen molar-refractivity contribution in [1.29, 1.82) is 0 Å². The van der Waals surface area contributed by atoms with E-state index in [2.05, 4.69) is 12.6 Å². The minimum Gasteiger partial charge on any atom is -0.393 e. The molecule has 0 saturated heterocycles. The van der Waals surface area contributed by atoms with Crippen LogP contribution in [-0.4, -0.2) is 23.3 Å². The zero-order chi connectivity index (χ0) is 7.40. The molecule has 0 amide bonds. The van der Waals surface area contributed by atoms with Crippen LogP contribution >= 0.6 is 12.6 Å². The van der Waals surface area contributed by atoms with E-state index in [-0.39, 0.29) is 12.2 Å². The smallest absolute Gasteiger partial charge is 0.0896 e. The first-order valence-electron chi connectivity index (χ1n) is 3.73. The van der Waals surface area contributed by atoms with Gasteiger partial charge in [-0.15, -0.1) is 0 Å². The van der Waals surface area contributed by atoms with Crippen LogP contribution in [0.4, 0.5) is 0 Å². The lowest BCUT2D eigenvalue weighted by molar-refractivity contribution is 0.00562. The first kappa shape index (κ1) is 8.37. The molecule has 2 unspecified atom stereocenters. The van der Waals surface area contributed by atoms with E-state index >= 15 is 0 Å². The van der Waals surface area contributed by atoms with Gasteiger partial charge in [0.15, 0.2) is 0 Å². The van der Waals surface area contributed by atoms with E-state index in [1.54, 1.807) is 0 Å². The molecule has 0 aliphatic heterocycles. The topological polar surface area (TPSA) is 29.5 Å². The Balaban J connectivity index is 2.18. The highest BCUT2D eigenvalue weighted by Crippen LogP contribution is 2.20. The molecule has 1 N–H and O–H groups in total. The highest BCUT2D eigenvalue weighted by atomic mass is 32.1. The normalized spacial score (nSPS) is 34.2. The Kier molecular flexibility index (Phi) is 3.52. The van der Waals surface area contributed by atoms with Crippen molar-refractivity contribution in [2.75, 3.05) is 5.94 Å². The van der Waals surface area contributed by atoms with E-state index in [4.69, 9.17) is 4.74 Å². The summed E-state index contributed by atoms with van der Waals surface area (Å²) in [7, 11) is 0. The zero-order valence-electron chi connectivity index (χ0n) is 5.99. The van der Waals surface area contributed by atoms with Gasteiger partial charge in [-0.25, -0.2) is 0 Å². The fraction of sp³-hybridized carbons (Fsp3) is 1.00. The average Bonchev–Trinajstić information content (AvgIpc) is 1.88. The van der Waals surface area contributed by atoms with Gasteiger partial charge in [0.25, 0.3) is 0 Å². The Labute approximate surface area is 67.0 Å². The molecule has 1 aliphatic rings. The summed E-state index contributed by atoms with van der Waals surface area (Å²) in [5, 5.41) is 9.20. The lowest BCUT2D eigenvalue weighted by atomic mass is 9.95. The Bertz CT molecular complexity index is 95.6. The molecule has 1 fully saturated rings. The molecule has 0 aromatic rings. The van der Waals surface area contributed by atoms with Crippen molar-refractivity contribution in [3.8, 4) is 0 Å². The minimum absolute atomic E-state index is 0.140. The van der Waals surface area contributed by atoms with Crippen molar-refractivity contribution in [1.82, 2.24) is 0 Å². The maximum absolute atomic E-state index is 9.20. The summed E-state index contributed by atoms with van der Waals surface area (Å²) in [6.07, 6.45) is 4.00. The maximum Gasteiger partial charge on any atom is 0.0896 e. The van der Waals surface area contributed by atoms with E-state index in [9.17, 15) is 5.11 Å². The van der Waals surface area contributed by atoms with Crippen molar-refractivity contribution in [2.24, 2.45) is 0 Å². The molecule has 2 atom stereocenters. The molecule has 10 heavy (non-hydrogen) atoms. The summed E-state index contributed by atoms with van der Waals surface area (Å²) in [6.45, 7) is 0. The van der Waals surface area contributed by atoms with Crippen LogP contribution < -0.4 is 0 Å². The molecule has 2 nitrogen and oxygen atoms in total. The van der Waals surface area contributed by atoms with Crippen LogP contribution in [0.15, 0.2) is 0 Å². The summed E-state index contributed by atoms with van der Waals surface area (Å²) in [5.41, 5.74) is 0. The quantitative estimate of drug-likeness (QED) is 0.472. The third-order valence-electron chi connectivity index (χ3n) is 1.91. The lowest BCUT2D eigenvalue weighted by Gasteiger charge is -2.25. The van der Waals surface area contributed by atoms with Crippen molar-refractivity contribution in [3.63, 3.8) is 0 Å². The van der Waals surface area contributed by atoms with E-state index in [1.807, 2.05) is 0 Å². The van der Waals surface area contributed by atoms with Crippen molar-refractivity contribution >= 4 is 12.6 Å². The molecule has 0 radical (unpaired) electrons. The monoisotopic (exact) mass is 162 g/mol. The fourth-order valence-corrected chi connectivity index (χ4v) is 1.59. The average molecular weight is 162 g/mol. The Morgan fingerprint density at radius 2 is 2.30 bits per heavy atom. The van der Waals surface area contributed by atoms with Crippen LogP contribution in [0, 0.1) is 0 Å². The van der Waals surface area contributed by atoms with E-state index in [0.717, 1.165) is 25.7 Å². The zero-order valence-corrected chi connectivity index (χ0v) is 6.89. The summed E-state index contributed by atoms with van der Waals surface area (Å²) in [6, 6.07) is 0. The molecule has 3 heteroatoms. The highest BCUT2D eigenvalue weighted by molar-refractivity contribution is 7.80. The fourth-order valence-electron chi connectivity index (χ4n) is 1.38. The number of aliphatic hydroxyl groups excluding tert-OH is 1. The molecule has 60 valence electrons. The molecule has 0 aromatic heterocycles. The molecule has 0 aromatic carbocycles. The predicted octanol–water partition coefficient (Wildman–Crippen LogP) is 1.19. The molecule has 1 saturated carbocycles. The van der Waals surface area contributed by atoms with Gasteiger partial charge in [-0.1, -0.05) is 0 Å².